The van der Waals surface area contributed by atoms with Crippen LogP contribution in [0.1, 0.15) is 11.1 Å². The molecule has 0 aliphatic carbocycles. The van der Waals surface area contributed by atoms with Gasteiger partial charge in [0.25, 0.3) is 0 Å². The predicted octanol–water partition coefficient (Wildman–Crippen LogP) is 3.76. The average Bonchev–Trinajstić information content (AvgIpc) is 2.47. The molecule has 0 amide bonds. The highest BCUT2D eigenvalue weighted by molar-refractivity contribution is 9.10. The summed E-state index contributed by atoms with van der Waals surface area (Å²) < 4.78 is 11.5. The first-order chi connectivity index (χ1) is 9.74. The number of ether oxygens (including phenoxy) is 2. The molecule has 0 atom stereocenters. The summed E-state index contributed by atoms with van der Waals surface area (Å²) in [5.41, 5.74) is 2.41. The molecule has 0 unspecified atom stereocenters. The minimum absolute atomic E-state index is 0.722. The van der Waals surface area contributed by atoms with Gasteiger partial charge in [-0.1, -0.05) is 30.3 Å². The quantitative estimate of drug-likeness (QED) is 0.871. The number of halogens is 1. The van der Waals surface area contributed by atoms with Crippen molar-refractivity contribution in [1.82, 2.24) is 5.32 Å². The average molecular weight is 336 g/mol. The molecule has 0 saturated heterocycles. The molecule has 3 nitrogen and oxygen atoms in total. The third-order valence-electron chi connectivity index (χ3n) is 2.99. The van der Waals surface area contributed by atoms with Crippen molar-refractivity contribution in [3.8, 4) is 11.5 Å². The molecule has 0 heterocycles. The molecule has 0 bridgehead atoms. The zero-order valence-electron chi connectivity index (χ0n) is 11.7. The summed E-state index contributed by atoms with van der Waals surface area (Å²) in [7, 11) is 3.28. The summed E-state index contributed by atoms with van der Waals surface area (Å²) in [5, 5.41) is 3.42. The zero-order chi connectivity index (χ0) is 14.4. The third-order valence-corrected chi connectivity index (χ3v) is 3.58. The maximum absolute atomic E-state index is 5.34. The molecule has 0 aliphatic rings. The van der Waals surface area contributed by atoms with Crippen molar-refractivity contribution >= 4 is 15.9 Å². The Morgan fingerprint density at radius 1 is 0.950 bits per heavy atom. The van der Waals surface area contributed by atoms with Gasteiger partial charge in [-0.05, 0) is 39.2 Å². The van der Waals surface area contributed by atoms with Gasteiger partial charge in [-0.15, -0.1) is 0 Å². The van der Waals surface area contributed by atoms with Crippen LogP contribution >= 0.6 is 15.9 Å². The second kappa shape index (κ2) is 7.31. The van der Waals surface area contributed by atoms with E-state index in [2.05, 4.69) is 33.4 Å². The van der Waals surface area contributed by atoms with Gasteiger partial charge >= 0.3 is 0 Å². The van der Waals surface area contributed by atoms with E-state index in [1.807, 2.05) is 30.3 Å². The summed E-state index contributed by atoms with van der Waals surface area (Å²) in [6.45, 7) is 1.61. The van der Waals surface area contributed by atoms with E-state index < -0.39 is 0 Å². The summed E-state index contributed by atoms with van der Waals surface area (Å²) >= 11 is 3.50. The van der Waals surface area contributed by atoms with Gasteiger partial charge in [0.05, 0.1) is 18.7 Å². The topological polar surface area (TPSA) is 30.5 Å². The molecule has 1 N–H and O–H groups in total. The number of benzene rings is 2. The Kier molecular flexibility index (Phi) is 5.44. The largest absolute Gasteiger partial charge is 0.493 e. The van der Waals surface area contributed by atoms with Crippen LogP contribution in [0, 0.1) is 0 Å². The monoisotopic (exact) mass is 335 g/mol. The van der Waals surface area contributed by atoms with E-state index in [9.17, 15) is 0 Å². The first-order valence-corrected chi connectivity index (χ1v) is 7.19. The lowest BCUT2D eigenvalue weighted by Gasteiger charge is -2.12. The standard InChI is InChI=1S/C16H18BrNO2/c1-19-15-9-13(8-14(17)16(15)20-2)11-18-10-12-6-4-3-5-7-12/h3-9,18H,10-11H2,1-2H3. The van der Waals surface area contributed by atoms with Gasteiger partial charge in [0.15, 0.2) is 11.5 Å². The molecule has 0 radical (unpaired) electrons. The van der Waals surface area contributed by atoms with Crippen molar-refractivity contribution < 1.29 is 9.47 Å². The minimum atomic E-state index is 0.722. The van der Waals surface area contributed by atoms with Crippen molar-refractivity contribution in [1.29, 1.82) is 0 Å². The van der Waals surface area contributed by atoms with Gasteiger partial charge in [-0.25, -0.2) is 0 Å². The smallest absolute Gasteiger partial charge is 0.174 e. The Labute approximate surface area is 128 Å². The van der Waals surface area contributed by atoms with Crippen molar-refractivity contribution in [2.45, 2.75) is 13.1 Å². The number of rotatable bonds is 6. The molecule has 106 valence electrons. The normalized spacial score (nSPS) is 10.3. The van der Waals surface area contributed by atoms with Crippen molar-refractivity contribution in [2.75, 3.05) is 14.2 Å². The van der Waals surface area contributed by atoms with Crippen LogP contribution in [0.2, 0.25) is 0 Å². The maximum Gasteiger partial charge on any atom is 0.174 e. The van der Waals surface area contributed by atoms with Crippen molar-refractivity contribution in [3.05, 3.63) is 58.1 Å². The Morgan fingerprint density at radius 2 is 1.65 bits per heavy atom. The van der Waals surface area contributed by atoms with Crippen LogP contribution in [0.15, 0.2) is 46.9 Å². The highest BCUT2D eigenvalue weighted by Crippen LogP contribution is 2.36. The molecule has 2 aromatic carbocycles. The summed E-state index contributed by atoms with van der Waals surface area (Å²) in [4.78, 5) is 0. The number of methoxy groups -OCH3 is 2. The summed E-state index contributed by atoms with van der Waals surface area (Å²) in [6, 6.07) is 14.4. The lowest BCUT2D eigenvalue weighted by atomic mass is 10.2. The molecule has 0 spiro atoms. The Balaban J connectivity index is 2.01. The second-order valence-electron chi connectivity index (χ2n) is 4.40. The van der Waals surface area contributed by atoms with Crippen LogP contribution in [0.25, 0.3) is 0 Å². The van der Waals surface area contributed by atoms with Gasteiger partial charge in [-0.3, -0.25) is 0 Å². The van der Waals surface area contributed by atoms with Gasteiger partial charge in [0.1, 0.15) is 0 Å². The van der Waals surface area contributed by atoms with E-state index in [1.54, 1.807) is 14.2 Å². The van der Waals surface area contributed by atoms with Crippen LogP contribution in [0.5, 0.6) is 11.5 Å². The molecular formula is C16H18BrNO2. The van der Waals surface area contributed by atoms with Gasteiger partial charge in [0, 0.05) is 13.1 Å². The first kappa shape index (κ1) is 14.9. The lowest BCUT2D eigenvalue weighted by Crippen LogP contribution is -2.12. The van der Waals surface area contributed by atoms with Gasteiger partial charge < -0.3 is 14.8 Å². The van der Waals surface area contributed by atoms with Crippen LogP contribution in [0.4, 0.5) is 0 Å². The summed E-state index contributed by atoms with van der Waals surface area (Å²) in [5.74, 6) is 1.46. The highest BCUT2D eigenvalue weighted by Gasteiger charge is 2.10. The SMILES string of the molecule is COc1cc(CNCc2ccccc2)cc(Br)c1OC. The zero-order valence-corrected chi connectivity index (χ0v) is 13.2. The maximum atomic E-state index is 5.34. The van der Waals surface area contributed by atoms with E-state index >= 15 is 0 Å². The lowest BCUT2D eigenvalue weighted by molar-refractivity contribution is 0.352. The van der Waals surface area contributed by atoms with E-state index in [0.717, 1.165) is 34.6 Å². The van der Waals surface area contributed by atoms with Gasteiger partial charge in [0.2, 0.25) is 0 Å². The Bertz CT molecular complexity index is 558. The third kappa shape index (κ3) is 3.74. The van der Waals surface area contributed by atoms with Gasteiger partial charge in [-0.2, -0.15) is 0 Å². The van der Waals surface area contributed by atoms with Crippen molar-refractivity contribution in [3.63, 3.8) is 0 Å². The van der Waals surface area contributed by atoms with Crippen LogP contribution in [-0.4, -0.2) is 14.2 Å². The fraction of sp³-hybridized carbons (Fsp3) is 0.250. The van der Waals surface area contributed by atoms with Crippen LogP contribution < -0.4 is 14.8 Å². The molecule has 0 fully saturated rings. The van der Waals surface area contributed by atoms with E-state index in [-0.39, 0.29) is 0 Å². The fourth-order valence-corrected chi connectivity index (χ4v) is 2.67. The predicted molar refractivity (Wildman–Crippen MR) is 84.2 cm³/mol. The second-order valence-corrected chi connectivity index (χ2v) is 5.26. The first-order valence-electron chi connectivity index (χ1n) is 6.39. The molecule has 0 aliphatic heterocycles. The molecule has 2 rings (SSSR count). The van der Waals surface area contributed by atoms with E-state index in [0.29, 0.717) is 0 Å². The number of hydrogen-bond acceptors (Lipinski definition) is 3. The number of nitrogens with one attached hydrogen (secondary N) is 1. The van der Waals surface area contributed by atoms with Crippen LogP contribution in [-0.2, 0) is 13.1 Å². The Morgan fingerprint density at radius 3 is 2.30 bits per heavy atom. The van der Waals surface area contributed by atoms with Crippen LogP contribution in [0.3, 0.4) is 0 Å². The fourth-order valence-electron chi connectivity index (χ4n) is 2.02. The minimum Gasteiger partial charge on any atom is -0.493 e. The molecule has 2 aromatic rings. The van der Waals surface area contributed by atoms with E-state index in [1.165, 1.54) is 5.56 Å². The molecule has 0 aromatic heterocycles. The van der Waals surface area contributed by atoms with E-state index in [4.69, 9.17) is 9.47 Å². The highest BCUT2D eigenvalue weighted by atomic mass is 79.9. The molecule has 4 heteroatoms. The number of hydrogen-bond donors (Lipinski definition) is 1. The molecule has 0 saturated carbocycles. The molecule has 20 heavy (non-hydrogen) atoms. The molecular weight excluding hydrogens is 318 g/mol. The summed E-state index contributed by atoms with van der Waals surface area (Å²) in [6.07, 6.45) is 0. The van der Waals surface area contributed by atoms with Crippen molar-refractivity contribution in [2.24, 2.45) is 0 Å². The Hall–Kier alpha value is -1.52.